The van der Waals surface area contributed by atoms with Gasteiger partial charge in [0.05, 0.1) is 16.7 Å². The average Bonchev–Trinajstić information content (AvgIpc) is 3.56. The van der Waals surface area contributed by atoms with Crippen molar-refractivity contribution in [1.29, 1.82) is 0 Å². The third kappa shape index (κ3) is 4.88. The molecule has 52 heavy (non-hydrogen) atoms. The van der Waals surface area contributed by atoms with Crippen LogP contribution in [0.2, 0.25) is 0 Å². The van der Waals surface area contributed by atoms with Crippen molar-refractivity contribution < 1.29 is 0 Å². The fraction of sp³-hybridized carbons (Fsp3) is 0. The van der Waals surface area contributed by atoms with E-state index in [0.717, 1.165) is 22.7 Å². The molecule has 0 fully saturated rings. The van der Waals surface area contributed by atoms with Crippen molar-refractivity contribution in [2.75, 3.05) is 4.90 Å². The van der Waals surface area contributed by atoms with E-state index in [0.29, 0.717) is 0 Å². The van der Waals surface area contributed by atoms with Crippen LogP contribution in [0.4, 0.5) is 17.1 Å². The van der Waals surface area contributed by atoms with Gasteiger partial charge in [-0.1, -0.05) is 152 Å². The van der Waals surface area contributed by atoms with Gasteiger partial charge in [-0.3, -0.25) is 0 Å². The molecule has 10 aromatic rings. The fourth-order valence-electron chi connectivity index (χ4n) is 8.07. The number of fused-ring (bicyclic) bond motifs is 6. The molecule has 10 rings (SSSR count). The fourth-order valence-corrected chi connectivity index (χ4v) is 8.07. The summed E-state index contributed by atoms with van der Waals surface area (Å²) in [5.41, 5.74) is 11.7. The van der Waals surface area contributed by atoms with Crippen LogP contribution < -0.4 is 4.90 Å². The lowest BCUT2D eigenvalue weighted by Gasteiger charge is -2.31. The highest BCUT2D eigenvalue weighted by atomic mass is 15.1. The van der Waals surface area contributed by atoms with Crippen LogP contribution >= 0.6 is 0 Å². The summed E-state index contributed by atoms with van der Waals surface area (Å²) in [5.74, 6) is 0. The topological polar surface area (TPSA) is 8.17 Å². The van der Waals surface area contributed by atoms with E-state index in [1.165, 1.54) is 65.6 Å². The van der Waals surface area contributed by atoms with Crippen LogP contribution in [0.5, 0.6) is 0 Å². The lowest BCUT2D eigenvalue weighted by atomic mass is 9.89. The zero-order valence-corrected chi connectivity index (χ0v) is 28.5. The summed E-state index contributed by atoms with van der Waals surface area (Å²) in [6.45, 7) is 0. The summed E-state index contributed by atoms with van der Waals surface area (Å²) in [4.78, 5) is 2.48. The van der Waals surface area contributed by atoms with Crippen molar-refractivity contribution in [2.24, 2.45) is 0 Å². The maximum Gasteiger partial charge on any atom is 0.0624 e. The second kappa shape index (κ2) is 12.5. The van der Waals surface area contributed by atoms with E-state index < -0.39 is 0 Å². The van der Waals surface area contributed by atoms with Gasteiger partial charge in [-0.05, 0) is 87.4 Å². The van der Waals surface area contributed by atoms with E-state index >= 15 is 0 Å². The molecule has 0 unspecified atom stereocenters. The third-order valence-corrected chi connectivity index (χ3v) is 10.3. The number of aromatic nitrogens is 1. The van der Waals surface area contributed by atoms with Crippen LogP contribution in [0.25, 0.3) is 71.3 Å². The van der Waals surface area contributed by atoms with Crippen molar-refractivity contribution in [3.8, 4) is 27.9 Å². The van der Waals surface area contributed by atoms with Crippen LogP contribution in [0, 0.1) is 0 Å². The SMILES string of the molecule is c1ccc(-c2cccc(-c3c(N(c4ccccc4)c4ccc5c(c4)c4ccccc4n5-c4ccccc4)c4ccccc4c4ccccc34)c2)cc1. The minimum atomic E-state index is 1.11. The van der Waals surface area contributed by atoms with Gasteiger partial charge in [0.15, 0.2) is 0 Å². The standard InChI is InChI=1S/C50H34N2/c1-4-17-35(18-5-1)36-19-16-20-37(33-36)49-44-28-12-10-25-41(44)42-26-11-13-29-45(42)50(49)51(38-21-6-2-7-22-38)40-31-32-48-46(34-40)43-27-14-15-30-47(43)52(48)39-23-8-3-9-24-39/h1-34H. The van der Waals surface area contributed by atoms with Crippen molar-refractivity contribution in [1.82, 2.24) is 4.57 Å². The van der Waals surface area contributed by atoms with E-state index in [-0.39, 0.29) is 0 Å². The number of para-hydroxylation sites is 3. The Morgan fingerprint density at radius 3 is 1.60 bits per heavy atom. The van der Waals surface area contributed by atoms with Gasteiger partial charge >= 0.3 is 0 Å². The molecule has 9 aromatic carbocycles. The quantitative estimate of drug-likeness (QED) is 0.161. The Morgan fingerprint density at radius 1 is 0.308 bits per heavy atom. The first-order valence-electron chi connectivity index (χ1n) is 17.9. The van der Waals surface area contributed by atoms with Crippen molar-refractivity contribution in [3.63, 3.8) is 0 Å². The number of anilines is 3. The first kappa shape index (κ1) is 30.0. The van der Waals surface area contributed by atoms with Gasteiger partial charge in [0, 0.05) is 38.8 Å². The molecule has 0 saturated carbocycles. The third-order valence-electron chi connectivity index (χ3n) is 10.3. The smallest absolute Gasteiger partial charge is 0.0624 e. The van der Waals surface area contributed by atoms with Crippen LogP contribution in [0.3, 0.4) is 0 Å². The molecular formula is C50H34N2. The predicted molar refractivity (Wildman–Crippen MR) is 221 cm³/mol. The number of hydrogen-bond donors (Lipinski definition) is 0. The van der Waals surface area contributed by atoms with Gasteiger partial charge in [-0.2, -0.15) is 0 Å². The normalized spacial score (nSPS) is 11.5. The number of benzene rings is 9. The average molecular weight is 663 g/mol. The van der Waals surface area contributed by atoms with Crippen LogP contribution in [0.15, 0.2) is 206 Å². The maximum absolute atomic E-state index is 2.48. The zero-order chi connectivity index (χ0) is 34.4. The predicted octanol–water partition coefficient (Wildman–Crippen LogP) is 13.9. The van der Waals surface area contributed by atoms with E-state index in [2.05, 4.69) is 216 Å². The summed E-state index contributed by atoms with van der Waals surface area (Å²) in [6, 6.07) is 74.7. The second-order valence-electron chi connectivity index (χ2n) is 13.3. The molecule has 1 aromatic heterocycles. The van der Waals surface area contributed by atoms with Gasteiger partial charge in [-0.15, -0.1) is 0 Å². The highest BCUT2D eigenvalue weighted by Gasteiger charge is 2.24. The van der Waals surface area contributed by atoms with Crippen LogP contribution in [0.1, 0.15) is 0 Å². The Bertz CT molecular complexity index is 2890. The van der Waals surface area contributed by atoms with E-state index in [1.54, 1.807) is 0 Å². The molecular weight excluding hydrogens is 629 g/mol. The minimum Gasteiger partial charge on any atom is -0.309 e. The maximum atomic E-state index is 2.48. The molecule has 1 heterocycles. The van der Waals surface area contributed by atoms with Crippen LogP contribution in [-0.2, 0) is 0 Å². The highest BCUT2D eigenvalue weighted by Crippen LogP contribution is 2.50. The lowest BCUT2D eigenvalue weighted by Crippen LogP contribution is -2.12. The minimum absolute atomic E-state index is 1.11. The van der Waals surface area contributed by atoms with Gasteiger partial charge in [-0.25, -0.2) is 0 Å². The Morgan fingerprint density at radius 2 is 0.846 bits per heavy atom. The summed E-state index contributed by atoms with van der Waals surface area (Å²) < 4.78 is 2.38. The van der Waals surface area contributed by atoms with Gasteiger partial charge in [0.1, 0.15) is 0 Å². The molecule has 244 valence electrons. The Hall–Kier alpha value is -6.90. The first-order chi connectivity index (χ1) is 25.8. The molecule has 0 bridgehead atoms. The molecule has 0 saturated heterocycles. The number of hydrogen-bond acceptors (Lipinski definition) is 1. The van der Waals surface area contributed by atoms with Crippen molar-refractivity contribution in [3.05, 3.63) is 206 Å². The van der Waals surface area contributed by atoms with Gasteiger partial charge in [0.25, 0.3) is 0 Å². The largest absolute Gasteiger partial charge is 0.309 e. The number of rotatable bonds is 6. The lowest BCUT2D eigenvalue weighted by molar-refractivity contribution is 1.18. The van der Waals surface area contributed by atoms with E-state index in [9.17, 15) is 0 Å². The second-order valence-corrected chi connectivity index (χ2v) is 13.3. The van der Waals surface area contributed by atoms with Crippen molar-refractivity contribution >= 4 is 60.4 Å². The molecule has 0 aliphatic heterocycles. The Labute approximate surface area is 303 Å². The molecule has 0 aliphatic rings. The molecule has 0 amide bonds. The van der Waals surface area contributed by atoms with E-state index in [4.69, 9.17) is 0 Å². The molecule has 0 atom stereocenters. The summed E-state index contributed by atoms with van der Waals surface area (Å²) in [6.07, 6.45) is 0. The van der Waals surface area contributed by atoms with Crippen LogP contribution in [-0.4, -0.2) is 4.57 Å². The Balaban J connectivity index is 1.31. The molecule has 2 heteroatoms. The van der Waals surface area contributed by atoms with Gasteiger partial charge in [0.2, 0.25) is 0 Å². The summed E-state index contributed by atoms with van der Waals surface area (Å²) >= 11 is 0. The monoisotopic (exact) mass is 662 g/mol. The summed E-state index contributed by atoms with van der Waals surface area (Å²) in [5, 5.41) is 7.36. The molecule has 0 spiro atoms. The number of nitrogens with zero attached hydrogens (tertiary/aromatic N) is 2. The first-order valence-corrected chi connectivity index (χ1v) is 17.9. The molecule has 0 N–H and O–H groups in total. The highest BCUT2D eigenvalue weighted by molar-refractivity contribution is 6.23. The molecule has 0 radical (unpaired) electrons. The summed E-state index contributed by atoms with van der Waals surface area (Å²) in [7, 11) is 0. The van der Waals surface area contributed by atoms with Gasteiger partial charge < -0.3 is 9.47 Å². The zero-order valence-electron chi connectivity index (χ0n) is 28.5. The Kier molecular flexibility index (Phi) is 7.18. The van der Waals surface area contributed by atoms with Crippen molar-refractivity contribution in [2.45, 2.75) is 0 Å². The molecule has 2 nitrogen and oxygen atoms in total. The van der Waals surface area contributed by atoms with E-state index in [1.807, 2.05) is 0 Å². The molecule has 0 aliphatic carbocycles.